The second kappa shape index (κ2) is 8.99. The minimum atomic E-state index is 0.242. The molecule has 152 valence electrons. The molecule has 3 rings (SSSR count). The molecule has 1 saturated heterocycles. The molecule has 2 heterocycles. The van der Waals surface area contributed by atoms with Crippen LogP contribution in [0.1, 0.15) is 37.2 Å². The Labute approximate surface area is 173 Å². The molecule has 2 aromatic rings. The Morgan fingerprint density at radius 2 is 1.75 bits per heavy atom. The number of rotatable bonds is 6. The molecule has 1 aromatic heterocycles. The van der Waals surface area contributed by atoms with Crippen LogP contribution in [0, 0.1) is 19.8 Å². The van der Waals surface area contributed by atoms with Crippen molar-refractivity contribution in [3.63, 3.8) is 0 Å². The summed E-state index contributed by atoms with van der Waals surface area (Å²) in [6.07, 6.45) is 1.32. The summed E-state index contributed by atoms with van der Waals surface area (Å²) >= 11 is 5.97. The van der Waals surface area contributed by atoms with E-state index >= 15 is 0 Å². The zero-order valence-corrected chi connectivity index (χ0v) is 18.2. The Kier molecular flexibility index (Phi) is 6.65. The normalized spacial score (nSPS) is 14.8. The topological polar surface area (TPSA) is 41.4 Å². The van der Waals surface area contributed by atoms with Crippen LogP contribution in [0.25, 0.3) is 0 Å². The first-order valence-electron chi connectivity index (χ1n) is 10.2. The lowest BCUT2D eigenvalue weighted by atomic mass is 10.1. The summed E-state index contributed by atoms with van der Waals surface area (Å²) in [5, 5.41) is 5.42. The maximum Gasteiger partial charge on any atom is 0.223 e. The molecule has 0 saturated carbocycles. The Bertz CT molecular complexity index is 805. The van der Waals surface area contributed by atoms with Crippen molar-refractivity contribution in [1.82, 2.24) is 14.7 Å². The van der Waals surface area contributed by atoms with Gasteiger partial charge in [-0.3, -0.25) is 9.48 Å². The molecule has 6 heteroatoms. The number of aryl methyl sites for hydroxylation is 1. The van der Waals surface area contributed by atoms with E-state index in [-0.39, 0.29) is 5.91 Å². The van der Waals surface area contributed by atoms with E-state index in [1.165, 1.54) is 16.9 Å². The van der Waals surface area contributed by atoms with Crippen molar-refractivity contribution < 1.29 is 4.79 Å². The highest BCUT2D eigenvalue weighted by Crippen LogP contribution is 2.21. The lowest BCUT2D eigenvalue weighted by Crippen LogP contribution is -2.48. The van der Waals surface area contributed by atoms with E-state index < -0.39 is 0 Å². The average molecular weight is 403 g/mol. The van der Waals surface area contributed by atoms with Crippen LogP contribution < -0.4 is 4.90 Å². The number of halogens is 1. The van der Waals surface area contributed by atoms with Crippen molar-refractivity contribution in [2.24, 2.45) is 5.92 Å². The van der Waals surface area contributed by atoms with E-state index in [1.807, 2.05) is 29.2 Å². The van der Waals surface area contributed by atoms with Gasteiger partial charge < -0.3 is 9.80 Å². The predicted octanol–water partition coefficient (Wildman–Crippen LogP) is 4.09. The van der Waals surface area contributed by atoms with Gasteiger partial charge in [0.05, 0.1) is 5.69 Å². The number of aromatic nitrogens is 2. The molecule has 0 aliphatic carbocycles. The van der Waals surface area contributed by atoms with Gasteiger partial charge in [0.15, 0.2) is 0 Å². The van der Waals surface area contributed by atoms with Gasteiger partial charge in [-0.2, -0.15) is 5.10 Å². The first kappa shape index (κ1) is 20.7. The van der Waals surface area contributed by atoms with E-state index in [4.69, 9.17) is 11.6 Å². The third kappa shape index (κ3) is 4.88. The van der Waals surface area contributed by atoms with Gasteiger partial charge in [0, 0.05) is 55.5 Å². The molecule has 0 spiro atoms. The number of piperazine rings is 1. The highest BCUT2D eigenvalue weighted by atomic mass is 35.5. The first-order chi connectivity index (χ1) is 13.3. The molecule has 1 aliphatic rings. The summed E-state index contributed by atoms with van der Waals surface area (Å²) in [7, 11) is 0. The van der Waals surface area contributed by atoms with Gasteiger partial charge in [0.25, 0.3) is 0 Å². The second-order valence-electron chi connectivity index (χ2n) is 8.07. The average Bonchev–Trinajstić information content (AvgIpc) is 2.93. The van der Waals surface area contributed by atoms with Gasteiger partial charge >= 0.3 is 0 Å². The van der Waals surface area contributed by atoms with Crippen LogP contribution in [-0.2, 0) is 17.8 Å². The molecule has 0 atom stereocenters. The number of hydrogen-bond acceptors (Lipinski definition) is 3. The number of amides is 1. The van der Waals surface area contributed by atoms with Crippen molar-refractivity contribution in [1.29, 1.82) is 0 Å². The molecular formula is C22H31ClN4O. The molecule has 0 N–H and O–H groups in total. The Balaban J connectivity index is 1.52. The number of hydrogen-bond donors (Lipinski definition) is 0. The summed E-state index contributed by atoms with van der Waals surface area (Å²) in [6.45, 7) is 12.7. The third-order valence-electron chi connectivity index (χ3n) is 5.48. The summed E-state index contributed by atoms with van der Waals surface area (Å²) in [4.78, 5) is 17.0. The van der Waals surface area contributed by atoms with E-state index in [9.17, 15) is 4.79 Å². The van der Waals surface area contributed by atoms with Gasteiger partial charge in [-0.25, -0.2) is 0 Å². The van der Waals surface area contributed by atoms with Crippen molar-refractivity contribution >= 4 is 23.2 Å². The molecule has 1 aliphatic heterocycles. The largest absolute Gasteiger partial charge is 0.368 e. The highest BCUT2D eigenvalue weighted by molar-refractivity contribution is 6.30. The third-order valence-corrected chi connectivity index (χ3v) is 5.73. The summed E-state index contributed by atoms with van der Waals surface area (Å²) < 4.78 is 2.09. The monoisotopic (exact) mass is 402 g/mol. The van der Waals surface area contributed by atoms with E-state index in [0.29, 0.717) is 12.3 Å². The minimum Gasteiger partial charge on any atom is -0.368 e. The molecule has 0 bridgehead atoms. The highest BCUT2D eigenvalue weighted by Gasteiger charge is 2.22. The Morgan fingerprint density at radius 3 is 2.36 bits per heavy atom. The molecule has 28 heavy (non-hydrogen) atoms. The number of anilines is 1. The fraction of sp³-hybridized carbons (Fsp3) is 0.545. The van der Waals surface area contributed by atoms with Gasteiger partial charge in [0.1, 0.15) is 0 Å². The molecular weight excluding hydrogens is 372 g/mol. The van der Waals surface area contributed by atoms with Crippen molar-refractivity contribution in [3.05, 3.63) is 46.2 Å². The molecule has 1 fully saturated rings. The zero-order chi connectivity index (χ0) is 20.3. The minimum absolute atomic E-state index is 0.242. The summed E-state index contributed by atoms with van der Waals surface area (Å²) in [6, 6.07) is 7.91. The van der Waals surface area contributed by atoms with Gasteiger partial charge in [-0.15, -0.1) is 0 Å². The number of carbonyl (C=O) groups is 1. The first-order valence-corrected chi connectivity index (χ1v) is 10.5. The fourth-order valence-electron chi connectivity index (χ4n) is 3.88. The van der Waals surface area contributed by atoms with Crippen molar-refractivity contribution in [2.75, 3.05) is 31.1 Å². The number of nitrogens with zero attached hydrogens (tertiary/aromatic N) is 4. The van der Waals surface area contributed by atoms with Gasteiger partial charge in [-0.05, 0) is 56.0 Å². The fourth-order valence-corrected chi connectivity index (χ4v) is 4.00. The summed E-state index contributed by atoms with van der Waals surface area (Å²) in [5.74, 6) is 0.801. The number of carbonyl (C=O) groups excluding carboxylic acids is 1. The Morgan fingerprint density at radius 1 is 1.11 bits per heavy atom. The van der Waals surface area contributed by atoms with E-state index in [0.717, 1.165) is 49.9 Å². The molecule has 0 radical (unpaired) electrons. The van der Waals surface area contributed by atoms with Crippen LogP contribution in [0.3, 0.4) is 0 Å². The molecule has 1 amide bonds. The van der Waals surface area contributed by atoms with Crippen LogP contribution >= 0.6 is 11.6 Å². The Hall–Kier alpha value is -2.01. The van der Waals surface area contributed by atoms with Crippen LogP contribution in [-0.4, -0.2) is 46.8 Å². The van der Waals surface area contributed by atoms with Crippen LogP contribution in [0.2, 0.25) is 5.02 Å². The van der Waals surface area contributed by atoms with Gasteiger partial charge in [0.2, 0.25) is 5.91 Å². The molecule has 1 aromatic carbocycles. The maximum atomic E-state index is 12.7. The molecule has 5 nitrogen and oxygen atoms in total. The smallest absolute Gasteiger partial charge is 0.223 e. The van der Waals surface area contributed by atoms with Crippen LogP contribution in [0.5, 0.6) is 0 Å². The van der Waals surface area contributed by atoms with E-state index in [1.54, 1.807) is 0 Å². The SMILES string of the molecule is Cc1nn(CC(C)C)c(C)c1CCC(=O)N1CCN(c2ccc(Cl)cc2)CC1. The maximum absolute atomic E-state index is 12.7. The lowest BCUT2D eigenvalue weighted by Gasteiger charge is -2.36. The quantitative estimate of drug-likeness (QED) is 0.730. The van der Waals surface area contributed by atoms with Crippen molar-refractivity contribution in [2.45, 2.75) is 47.1 Å². The van der Waals surface area contributed by atoms with Crippen LogP contribution in [0.15, 0.2) is 24.3 Å². The van der Waals surface area contributed by atoms with Gasteiger partial charge in [-0.1, -0.05) is 25.4 Å². The van der Waals surface area contributed by atoms with Crippen molar-refractivity contribution in [3.8, 4) is 0 Å². The molecule has 0 unspecified atom stereocenters. The zero-order valence-electron chi connectivity index (χ0n) is 17.4. The number of benzene rings is 1. The lowest BCUT2D eigenvalue weighted by molar-refractivity contribution is -0.131. The van der Waals surface area contributed by atoms with Crippen LogP contribution in [0.4, 0.5) is 5.69 Å². The predicted molar refractivity (Wildman–Crippen MR) is 115 cm³/mol. The summed E-state index contributed by atoms with van der Waals surface area (Å²) in [5.41, 5.74) is 4.65. The van der Waals surface area contributed by atoms with E-state index in [2.05, 4.69) is 42.4 Å². The second-order valence-corrected chi connectivity index (χ2v) is 8.51. The standard InChI is InChI=1S/C22H31ClN4O/c1-16(2)15-27-18(4)21(17(3)24-27)9-10-22(28)26-13-11-25(12-14-26)20-7-5-19(23)6-8-20/h5-8,16H,9-15H2,1-4H3.